The van der Waals surface area contributed by atoms with Crippen molar-refractivity contribution in [3.63, 3.8) is 0 Å². The number of hydrogen-bond donors (Lipinski definition) is 1. The van der Waals surface area contributed by atoms with Crippen LogP contribution in [0.1, 0.15) is 6.92 Å². The first kappa shape index (κ1) is 18.7. The zero-order valence-electron chi connectivity index (χ0n) is 13.6. The van der Waals surface area contributed by atoms with Gasteiger partial charge in [0.25, 0.3) is 0 Å². The van der Waals surface area contributed by atoms with Gasteiger partial charge < -0.3 is 5.32 Å². The number of thioether (sulfide) groups is 1. The van der Waals surface area contributed by atoms with E-state index < -0.39 is 23.9 Å². The number of alkyl halides is 3. The first-order valence-electron chi connectivity index (χ1n) is 7.64. The van der Waals surface area contributed by atoms with Gasteiger partial charge in [-0.2, -0.15) is 13.2 Å². The highest BCUT2D eigenvalue weighted by Crippen LogP contribution is 2.38. The second-order valence-electron chi connectivity index (χ2n) is 5.47. The van der Waals surface area contributed by atoms with Crippen LogP contribution in [0, 0.1) is 0 Å². The number of carbonyl (C=O) groups is 1. The molecular formula is C17H14F3N3OS2. The Morgan fingerprint density at radius 3 is 2.69 bits per heavy atom. The highest BCUT2D eigenvalue weighted by Gasteiger charge is 2.29. The van der Waals surface area contributed by atoms with Gasteiger partial charge in [-0.3, -0.25) is 4.79 Å². The molecule has 26 heavy (non-hydrogen) atoms. The zero-order valence-corrected chi connectivity index (χ0v) is 15.2. The van der Waals surface area contributed by atoms with Crippen LogP contribution in [-0.4, -0.2) is 33.8 Å². The third-order valence-electron chi connectivity index (χ3n) is 3.54. The van der Waals surface area contributed by atoms with E-state index in [1.165, 1.54) is 17.7 Å². The van der Waals surface area contributed by atoms with Gasteiger partial charge in [0, 0.05) is 10.9 Å². The van der Waals surface area contributed by atoms with Gasteiger partial charge in [0.2, 0.25) is 5.91 Å². The SMILES string of the molecule is CC(Sc1ncnc2scc(-c3ccccc3)c12)C(=O)NCC(F)(F)F. The molecule has 2 heterocycles. The van der Waals surface area contributed by atoms with Crippen LogP contribution in [0.5, 0.6) is 0 Å². The predicted molar refractivity (Wildman–Crippen MR) is 97.2 cm³/mol. The number of benzene rings is 1. The van der Waals surface area contributed by atoms with Crippen molar-refractivity contribution < 1.29 is 18.0 Å². The summed E-state index contributed by atoms with van der Waals surface area (Å²) in [7, 11) is 0. The molecule has 0 aliphatic carbocycles. The lowest BCUT2D eigenvalue weighted by Gasteiger charge is -2.13. The van der Waals surface area contributed by atoms with Crippen molar-refractivity contribution in [1.29, 1.82) is 0 Å². The monoisotopic (exact) mass is 397 g/mol. The summed E-state index contributed by atoms with van der Waals surface area (Å²) in [6.07, 6.45) is -3.04. The highest BCUT2D eigenvalue weighted by molar-refractivity contribution is 8.00. The van der Waals surface area contributed by atoms with E-state index in [4.69, 9.17) is 0 Å². The molecular weight excluding hydrogens is 383 g/mol. The molecule has 3 aromatic rings. The Labute approximate surface area is 155 Å². The summed E-state index contributed by atoms with van der Waals surface area (Å²) in [6.45, 7) is 0.211. The largest absolute Gasteiger partial charge is 0.405 e. The Kier molecular flexibility index (Phi) is 5.47. The van der Waals surface area contributed by atoms with Crippen LogP contribution in [0.25, 0.3) is 21.3 Å². The van der Waals surface area contributed by atoms with Crippen LogP contribution in [0.4, 0.5) is 13.2 Å². The molecule has 136 valence electrons. The van der Waals surface area contributed by atoms with Crippen molar-refractivity contribution >= 4 is 39.2 Å². The number of aromatic nitrogens is 2. The van der Waals surface area contributed by atoms with E-state index in [-0.39, 0.29) is 0 Å². The summed E-state index contributed by atoms with van der Waals surface area (Å²) in [5.41, 5.74) is 1.93. The molecule has 4 nitrogen and oxygen atoms in total. The first-order valence-corrected chi connectivity index (χ1v) is 9.40. The van der Waals surface area contributed by atoms with Gasteiger partial charge in [0.1, 0.15) is 22.7 Å². The number of halogens is 3. The maximum atomic E-state index is 12.3. The minimum absolute atomic E-state index is 0.574. The third-order valence-corrected chi connectivity index (χ3v) is 5.53. The summed E-state index contributed by atoms with van der Waals surface area (Å²) < 4.78 is 36.8. The first-order chi connectivity index (χ1) is 12.3. The average Bonchev–Trinajstić information content (AvgIpc) is 3.05. The highest BCUT2D eigenvalue weighted by atomic mass is 32.2. The molecule has 9 heteroatoms. The molecule has 0 saturated carbocycles. The quantitative estimate of drug-likeness (QED) is 0.508. The van der Waals surface area contributed by atoms with Crippen molar-refractivity contribution in [3.8, 4) is 11.1 Å². The fraction of sp³-hybridized carbons (Fsp3) is 0.235. The molecule has 0 bridgehead atoms. The van der Waals surface area contributed by atoms with Gasteiger partial charge in [-0.25, -0.2) is 9.97 Å². The van der Waals surface area contributed by atoms with E-state index in [0.717, 1.165) is 33.1 Å². The number of thiophene rings is 1. The number of amides is 1. The van der Waals surface area contributed by atoms with Crippen LogP contribution >= 0.6 is 23.1 Å². The minimum Gasteiger partial charge on any atom is -0.346 e. The van der Waals surface area contributed by atoms with Crippen LogP contribution in [0.15, 0.2) is 47.1 Å². The zero-order chi connectivity index (χ0) is 18.7. The Morgan fingerprint density at radius 1 is 1.27 bits per heavy atom. The molecule has 0 fully saturated rings. The van der Waals surface area contributed by atoms with E-state index in [9.17, 15) is 18.0 Å². The van der Waals surface area contributed by atoms with E-state index in [0.29, 0.717) is 5.03 Å². The summed E-state index contributed by atoms with van der Waals surface area (Å²) in [5.74, 6) is -0.685. The standard InChI is InChI=1S/C17H14F3N3OS2/c1-10(14(24)21-8-17(18,19)20)26-16-13-12(11-5-3-2-4-6-11)7-25-15(13)22-9-23-16/h2-7,9-10H,8H2,1H3,(H,21,24). The van der Waals surface area contributed by atoms with Crippen molar-refractivity contribution in [2.45, 2.75) is 23.4 Å². The van der Waals surface area contributed by atoms with Crippen molar-refractivity contribution in [2.75, 3.05) is 6.54 Å². The lowest BCUT2D eigenvalue weighted by atomic mass is 10.1. The lowest BCUT2D eigenvalue weighted by molar-refractivity contribution is -0.137. The number of hydrogen-bond acceptors (Lipinski definition) is 5. The fourth-order valence-electron chi connectivity index (χ4n) is 2.32. The van der Waals surface area contributed by atoms with Crippen molar-refractivity contribution in [2.24, 2.45) is 0 Å². The predicted octanol–water partition coefficient (Wildman–Crippen LogP) is 4.52. The van der Waals surface area contributed by atoms with Crippen molar-refractivity contribution in [3.05, 3.63) is 42.0 Å². The molecule has 0 aliphatic rings. The second kappa shape index (κ2) is 7.63. The molecule has 1 N–H and O–H groups in total. The Bertz CT molecular complexity index is 913. The van der Waals surface area contributed by atoms with Crippen LogP contribution < -0.4 is 5.32 Å². The smallest absolute Gasteiger partial charge is 0.346 e. The van der Waals surface area contributed by atoms with Gasteiger partial charge in [0.15, 0.2) is 0 Å². The fourth-order valence-corrected chi connectivity index (χ4v) is 4.26. The Hall–Kier alpha value is -2.13. The molecule has 0 spiro atoms. The topological polar surface area (TPSA) is 54.9 Å². The maximum absolute atomic E-state index is 12.3. The van der Waals surface area contributed by atoms with E-state index in [2.05, 4.69) is 9.97 Å². The van der Waals surface area contributed by atoms with Crippen LogP contribution in [0.3, 0.4) is 0 Å². The Morgan fingerprint density at radius 2 is 2.00 bits per heavy atom. The average molecular weight is 397 g/mol. The molecule has 2 aromatic heterocycles. The number of fused-ring (bicyclic) bond motifs is 1. The summed E-state index contributed by atoms with van der Waals surface area (Å²) >= 11 is 2.58. The molecule has 0 radical (unpaired) electrons. The van der Waals surface area contributed by atoms with E-state index in [1.807, 2.05) is 41.0 Å². The molecule has 1 aromatic carbocycles. The number of nitrogens with zero attached hydrogens (tertiary/aromatic N) is 2. The summed E-state index contributed by atoms with van der Waals surface area (Å²) in [6, 6.07) is 9.67. The van der Waals surface area contributed by atoms with Crippen LogP contribution in [0.2, 0.25) is 0 Å². The molecule has 3 rings (SSSR count). The lowest BCUT2D eigenvalue weighted by Crippen LogP contribution is -2.38. The van der Waals surface area contributed by atoms with Gasteiger partial charge >= 0.3 is 6.18 Å². The molecule has 1 unspecified atom stereocenters. The van der Waals surface area contributed by atoms with Gasteiger partial charge in [-0.1, -0.05) is 42.1 Å². The number of nitrogens with one attached hydrogen (secondary N) is 1. The van der Waals surface area contributed by atoms with Gasteiger partial charge in [0.05, 0.1) is 10.6 Å². The minimum atomic E-state index is -4.43. The molecule has 1 atom stereocenters. The summed E-state index contributed by atoms with van der Waals surface area (Å²) in [5, 5.41) is 4.53. The maximum Gasteiger partial charge on any atom is 0.405 e. The van der Waals surface area contributed by atoms with Gasteiger partial charge in [-0.05, 0) is 12.5 Å². The molecule has 1 amide bonds. The Balaban J connectivity index is 1.86. The summed E-state index contributed by atoms with van der Waals surface area (Å²) in [4.78, 5) is 21.2. The van der Waals surface area contributed by atoms with E-state index in [1.54, 1.807) is 6.92 Å². The van der Waals surface area contributed by atoms with Crippen LogP contribution in [-0.2, 0) is 4.79 Å². The van der Waals surface area contributed by atoms with Gasteiger partial charge in [-0.15, -0.1) is 11.3 Å². The van der Waals surface area contributed by atoms with Crippen molar-refractivity contribution in [1.82, 2.24) is 15.3 Å². The normalized spacial score (nSPS) is 12.9. The molecule has 0 aliphatic heterocycles. The molecule has 0 saturated heterocycles. The second-order valence-corrected chi connectivity index (χ2v) is 7.66. The third kappa shape index (κ3) is 4.34. The number of rotatable bonds is 5. The van der Waals surface area contributed by atoms with E-state index >= 15 is 0 Å². The number of carbonyl (C=O) groups excluding carboxylic acids is 1.